The van der Waals surface area contributed by atoms with Gasteiger partial charge in [-0.15, -0.1) is 0 Å². The molecule has 6 heteroatoms. The summed E-state index contributed by atoms with van der Waals surface area (Å²) in [6.07, 6.45) is 3.71. The van der Waals surface area contributed by atoms with Crippen LogP contribution in [0, 0.1) is 5.92 Å². The third-order valence-corrected chi connectivity index (χ3v) is 7.18. The van der Waals surface area contributed by atoms with Gasteiger partial charge in [0.2, 0.25) is 9.84 Å². The monoisotopic (exact) mass is 410 g/mol. The van der Waals surface area contributed by atoms with Crippen molar-refractivity contribution in [3.63, 3.8) is 0 Å². The number of piperidine rings is 1. The van der Waals surface area contributed by atoms with E-state index in [9.17, 15) is 8.42 Å². The van der Waals surface area contributed by atoms with Crippen molar-refractivity contribution in [2.45, 2.75) is 36.5 Å². The van der Waals surface area contributed by atoms with Crippen LogP contribution in [0.3, 0.4) is 0 Å². The third kappa shape index (κ3) is 3.81. The first-order valence-electron chi connectivity index (χ1n) is 10.1. The topological polar surface area (TPSA) is 59.5 Å². The fourth-order valence-electron chi connectivity index (χ4n) is 4.04. The van der Waals surface area contributed by atoms with Gasteiger partial charge in [-0.25, -0.2) is 8.42 Å². The predicted octanol–water partition coefficient (Wildman–Crippen LogP) is 4.70. The Balaban J connectivity index is 1.97. The summed E-state index contributed by atoms with van der Waals surface area (Å²) in [5, 5.41) is 0.821. The summed E-state index contributed by atoms with van der Waals surface area (Å²) < 4.78 is 32.8. The van der Waals surface area contributed by atoms with Gasteiger partial charge in [-0.05, 0) is 56.0 Å². The van der Waals surface area contributed by atoms with Gasteiger partial charge < -0.3 is 9.64 Å². The maximum atomic E-state index is 13.5. The van der Waals surface area contributed by atoms with Crippen LogP contribution >= 0.6 is 0 Å². The van der Waals surface area contributed by atoms with Gasteiger partial charge in [-0.3, -0.25) is 4.98 Å². The minimum Gasteiger partial charge on any atom is -0.494 e. The molecule has 0 spiro atoms. The zero-order valence-electron chi connectivity index (χ0n) is 16.8. The van der Waals surface area contributed by atoms with E-state index in [0.717, 1.165) is 48.3 Å². The van der Waals surface area contributed by atoms with Crippen LogP contribution in [0.15, 0.2) is 64.5 Å². The minimum absolute atomic E-state index is 0.263. The Bertz CT molecular complexity index is 1110. The molecule has 0 saturated carbocycles. The van der Waals surface area contributed by atoms with E-state index in [4.69, 9.17) is 4.74 Å². The zero-order chi connectivity index (χ0) is 20.4. The van der Waals surface area contributed by atoms with E-state index in [-0.39, 0.29) is 9.79 Å². The highest BCUT2D eigenvalue weighted by Crippen LogP contribution is 2.38. The van der Waals surface area contributed by atoms with Gasteiger partial charge in [0, 0.05) is 24.7 Å². The van der Waals surface area contributed by atoms with E-state index in [1.165, 1.54) is 6.20 Å². The molecule has 2 aromatic carbocycles. The van der Waals surface area contributed by atoms with Crippen molar-refractivity contribution in [1.29, 1.82) is 0 Å². The SMILES string of the molecule is CCOc1ccc2ncc(S(=O)(=O)c3ccccc3)c(N3CCC[C@H](C)C3)c2c1. The van der Waals surface area contributed by atoms with E-state index in [0.29, 0.717) is 12.5 Å². The molecule has 4 rings (SSSR count). The quantitative estimate of drug-likeness (QED) is 0.610. The highest BCUT2D eigenvalue weighted by molar-refractivity contribution is 7.91. The number of rotatable bonds is 5. The van der Waals surface area contributed by atoms with E-state index in [1.807, 2.05) is 31.2 Å². The lowest BCUT2D eigenvalue weighted by Gasteiger charge is -2.34. The Morgan fingerprint density at radius 1 is 1.17 bits per heavy atom. The molecule has 0 aliphatic carbocycles. The Morgan fingerprint density at radius 2 is 1.97 bits per heavy atom. The predicted molar refractivity (Wildman–Crippen MR) is 115 cm³/mol. The molecular formula is C23H26N2O3S. The lowest BCUT2D eigenvalue weighted by atomic mass is 9.99. The van der Waals surface area contributed by atoms with Crippen LogP contribution in [-0.4, -0.2) is 33.1 Å². The number of hydrogen-bond acceptors (Lipinski definition) is 5. The molecule has 1 atom stereocenters. The van der Waals surface area contributed by atoms with Crippen molar-refractivity contribution in [2.75, 3.05) is 24.6 Å². The van der Waals surface area contributed by atoms with Crippen molar-refractivity contribution in [3.8, 4) is 5.75 Å². The molecule has 1 saturated heterocycles. The molecule has 1 fully saturated rings. The van der Waals surface area contributed by atoms with Crippen molar-refractivity contribution >= 4 is 26.4 Å². The summed E-state index contributed by atoms with van der Waals surface area (Å²) in [5.74, 6) is 1.23. The molecule has 0 radical (unpaired) electrons. The van der Waals surface area contributed by atoms with Gasteiger partial charge in [-0.1, -0.05) is 25.1 Å². The van der Waals surface area contributed by atoms with E-state index in [2.05, 4.69) is 16.8 Å². The zero-order valence-corrected chi connectivity index (χ0v) is 17.7. The fraction of sp³-hybridized carbons (Fsp3) is 0.348. The van der Waals surface area contributed by atoms with E-state index < -0.39 is 9.84 Å². The van der Waals surface area contributed by atoms with Crippen LogP contribution in [-0.2, 0) is 9.84 Å². The number of pyridine rings is 1. The number of hydrogen-bond donors (Lipinski definition) is 0. The second kappa shape index (κ2) is 8.03. The van der Waals surface area contributed by atoms with Crippen LogP contribution in [0.5, 0.6) is 5.75 Å². The molecule has 1 aliphatic rings. The number of aromatic nitrogens is 1. The number of anilines is 1. The number of benzene rings is 2. The molecule has 0 bridgehead atoms. The summed E-state index contributed by atoms with van der Waals surface area (Å²) >= 11 is 0. The smallest absolute Gasteiger partial charge is 0.210 e. The van der Waals surface area contributed by atoms with Gasteiger partial charge >= 0.3 is 0 Å². The molecule has 0 amide bonds. The van der Waals surface area contributed by atoms with Gasteiger partial charge in [0.1, 0.15) is 10.6 Å². The summed E-state index contributed by atoms with van der Waals surface area (Å²) in [5.41, 5.74) is 1.51. The van der Waals surface area contributed by atoms with Crippen molar-refractivity contribution in [1.82, 2.24) is 4.98 Å². The second-order valence-electron chi connectivity index (χ2n) is 7.59. The van der Waals surface area contributed by atoms with Gasteiger partial charge in [-0.2, -0.15) is 0 Å². The van der Waals surface area contributed by atoms with Crippen LogP contribution in [0.2, 0.25) is 0 Å². The molecule has 0 N–H and O–H groups in total. The number of nitrogens with zero attached hydrogens (tertiary/aromatic N) is 2. The number of sulfone groups is 1. The number of fused-ring (bicyclic) bond motifs is 1. The molecule has 2 heterocycles. The van der Waals surface area contributed by atoms with Crippen LogP contribution < -0.4 is 9.64 Å². The summed E-state index contributed by atoms with van der Waals surface area (Å²) in [6.45, 7) is 6.37. The molecule has 152 valence electrons. The second-order valence-corrected chi connectivity index (χ2v) is 9.51. The maximum Gasteiger partial charge on any atom is 0.210 e. The molecule has 29 heavy (non-hydrogen) atoms. The van der Waals surface area contributed by atoms with Gasteiger partial charge in [0.15, 0.2) is 0 Å². The molecular weight excluding hydrogens is 384 g/mol. The van der Waals surface area contributed by atoms with Crippen LogP contribution in [0.25, 0.3) is 10.9 Å². The van der Waals surface area contributed by atoms with Crippen molar-refractivity contribution in [3.05, 3.63) is 54.7 Å². The summed E-state index contributed by atoms with van der Waals surface area (Å²) in [4.78, 5) is 7.25. The number of ether oxygens (including phenoxy) is 1. The third-order valence-electron chi connectivity index (χ3n) is 5.40. The lowest BCUT2D eigenvalue weighted by Crippen LogP contribution is -2.35. The van der Waals surface area contributed by atoms with E-state index >= 15 is 0 Å². The average Bonchev–Trinajstić information content (AvgIpc) is 2.73. The first-order chi connectivity index (χ1) is 14.0. The Hall–Kier alpha value is -2.60. The average molecular weight is 411 g/mol. The van der Waals surface area contributed by atoms with Gasteiger partial charge in [0.05, 0.1) is 22.7 Å². The van der Waals surface area contributed by atoms with Crippen molar-refractivity contribution in [2.24, 2.45) is 5.92 Å². The largest absolute Gasteiger partial charge is 0.494 e. The Kier molecular flexibility index (Phi) is 5.46. The first-order valence-corrected chi connectivity index (χ1v) is 11.6. The highest BCUT2D eigenvalue weighted by atomic mass is 32.2. The molecule has 1 aliphatic heterocycles. The van der Waals surface area contributed by atoms with Crippen LogP contribution in [0.4, 0.5) is 5.69 Å². The Labute approximate surface area is 172 Å². The molecule has 0 unspecified atom stereocenters. The minimum atomic E-state index is -3.70. The van der Waals surface area contributed by atoms with Crippen LogP contribution in [0.1, 0.15) is 26.7 Å². The maximum absolute atomic E-state index is 13.5. The van der Waals surface area contributed by atoms with E-state index in [1.54, 1.807) is 24.3 Å². The lowest BCUT2D eigenvalue weighted by molar-refractivity contribution is 0.340. The first kappa shape index (κ1) is 19.7. The molecule has 5 nitrogen and oxygen atoms in total. The Morgan fingerprint density at radius 3 is 2.69 bits per heavy atom. The summed E-state index contributed by atoms with van der Waals surface area (Å²) in [6, 6.07) is 14.3. The highest BCUT2D eigenvalue weighted by Gasteiger charge is 2.29. The standard InChI is InChI=1S/C23H26N2O3S/c1-3-28-18-11-12-21-20(14-18)23(25-13-7-8-17(2)16-25)22(15-24-21)29(26,27)19-9-5-4-6-10-19/h4-6,9-12,14-15,17H,3,7-8,13,16H2,1-2H3/t17-/m0/s1. The normalized spacial score (nSPS) is 17.4. The van der Waals surface area contributed by atoms with Crippen molar-refractivity contribution < 1.29 is 13.2 Å². The molecule has 1 aromatic heterocycles. The fourth-order valence-corrected chi connectivity index (χ4v) is 5.49. The van der Waals surface area contributed by atoms with Gasteiger partial charge in [0.25, 0.3) is 0 Å². The summed E-state index contributed by atoms with van der Waals surface area (Å²) in [7, 11) is -3.70. The molecule has 3 aromatic rings.